The van der Waals surface area contributed by atoms with Gasteiger partial charge in [-0.25, -0.2) is 0 Å². The third-order valence-electron chi connectivity index (χ3n) is 5.62. The van der Waals surface area contributed by atoms with Gasteiger partial charge in [-0.15, -0.1) is 0 Å². The fourth-order valence-electron chi connectivity index (χ4n) is 4.25. The Morgan fingerprint density at radius 1 is 1.14 bits per heavy atom. The number of thiophene rings is 1. The monoisotopic (exact) mass is 392 g/mol. The van der Waals surface area contributed by atoms with Gasteiger partial charge in [0.1, 0.15) is 5.69 Å². The molecule has 3 aromatic rings. The van der Waals surface area contributed by atoms with Crippen LogP contribution in [0.4, 0.5) is 0 Å². The highest BCUT2D eigenvalue weighted by atomic mass is 32.1. The van der Waals surface area contributed by atoms with E-state index in [-0.39, 0.29) is 23.9 Å². The van der Waals surface area contributed by atoms with E-state index >= 15 is 0 Å². The van der Waals surface area contributed by atoms with E-state index in [4.69, 9.17) is 0 Å². The molecule has 0 aromatic carbocycles. The van der Waals surface area contributed by atoms with Crippen LogP contribution < -0.4 is 0 Å². The first-order chi connectivity index (χ1) is 13.7. The highest BCUT2D eigenvalue weighted by molar-refractivity contribution is 7.08. The van der Waals surface area contributed by atoms with Crippen LogP contribution in [0.3, 0.4) is 0 Å². The normalized spacial score (nSPS) is 20.9. The number of aromatic nitrogens is 2. The largest absolute Gasteiger partial charge is 0.338 e. The van der Waals surface area contributed by atoms with Crippen molar-refractivity contribution in [3.8, 4) is 0 Å². The van der Waals surface area contributed by atoms with Crippen molar-refractivity contribution in [2.24, 2.45) is 0 Å². The zero-order valence-corrected chi connectivity index (χ0v) is 16.1. The number of hydrogen-bond acceptors (Lipinski definition) is 4. The number of carbonyl (C=O) groups is 2. The fourth-order valence-corrected chi connectivity index (χ4v) is 4.92. The molecule has 0 spiro atoms. The van der Waals surface area contributed by atoms with Crippen molar-refractivity contribution in [2.75, 3.05) is 13.1 Å². The van der Waals surface area contributed by atoms with E-state index in [1.165, 1.54) is 0 Å². The molecule has 2 aliphatic rings. The molecule has 1 fully saturated rings. The van der Waals surface area contributed by atoms with Gasteiger partial charge < -0.3 is 14.4 Å². The lowest BCUT2D eigenvalue weighted by atomic mass is 10.1. The maximum atomic E-state index is 13.1. The summed E-state index contributed by atoms with van der Waals surface area (Å²) in [5, 5.41) is 4.01. The molecule has 0 radical (unpaired) electrons. The maximum absolute atomic E-state index is 13.1. The number of likely N-dealkylation sites (tertiary alicyclic amines) is 1. The third kappa shape index (κ3) is 2.92. The van der Waals surface area contributed by atoms with E-state index in [2.05, 4.69) is 4.98 Å². The Balaban J connectivity index is 1.42. The van der Waals surface area contributed by atoms with Crippen molar-refractivity contribution in [2.45, 2.75) is 25.0 Å². The first kappa shape index (κ1) is 17.2. The SMILES string of the molecule is O=C(Cc1ccsc1)N1CC2C(C1)n1cccc1C(=O)N2Cc1ccccn1. The van der Waals surface area contributed by atoms with Gasteiger partial charge in [0.2, 0.25) is 5.91 Å². The molecule has 7 heteroatoms. The summed E-state index contributed by atoms with van der Waals surface area (Å²) in [5.41, 5.74) is 2.59. The second kappa shape index (κ2) is 6.91. The molecular weight excluding hydrogens is 372 g/mol. The zero-order valence-electron chi connectivity index (χ0n) is 15.3. The summed E-state index contributed by atoms with van der Waals surface area (Å²) in [6.07, 6.45) is 4.11. The number of rotatable bonds is 4. The number of amides is 2. The highest BCUT2D eigenvalue weighted by Gasteiger charge is 2.46. The van der Waals surface area contributed by atoms with E-state index in [9.17, 15) is 9.59 Å². The van der Waals surface area contributed by atoms with Gasteiger partial charge in [0.15, 0.2) is 0 Å². The molecule has 5 heterocycles. The summed E-state index contributed by atoms with van der Waals surface area (Å²) in [4.78, 5) is 34.2. The van der Waals surface area contributed by atoms with Crippen LogP contribution in [0.5, 0.6) is 0 Å². The van der Waals surface area contributed by atoms with Crippen LogP contribution in [0.25, 0.3) is 0 Å². The lowest BCUT2D eigenvalue weighted by molar-refractivity contribution is -0.129. The second-order valence-corrected chi connectivity index (χ2v) is 8.08. The van der Waals surface area contributed by atoms with Gasteiger partial charge in [-0.1, -0.05) is 6.07 Å². The van der Waals surface area contributed by atoms with E-state index in [1.807, 2.05) is 67.7 Å². The minimum atomic E-state index is -0.0409. The van der Waals surface area contributed by atoms with Crippen LogP contribution >= 0.6 is 11.3 Å². The molecule has 6 nitrogen and oxygen atoms in total. The number of pyridine rings is 1. The van der Waals surface area contributed by atoms with Crippen molar-refractivity contribution in [3.63, 3.8) is 0 Å². The number of nitrogens with zero attached hydrogens (tertiary/aromatic N) is 4. The van der Waals surface area contributed by atoms with E-state index in [0.717, 1.165) is 11.3 Å². The van der Waals surface area contributed by atoms with Crippen molar-refractivity contribution < 1.29 is 9.59 Å². The maximum Gasteiger partial charge on any atom is 0.271 e. The molecule has 2 amide bonds. The quantitative estimate of drug-likeness (QED) is 0.686. The standard InChI is InChI=1S/C21H20N4O2S/c26-20(10-15-6-9-28-14-15)23-12-18-19(13-23)25(11-16-4-1-2-7-22-16)21(27)17-5-3-8-24(17)18/h1-9,14,18-19H,10-13H2. The van der Waals surface area contributed by atoms with Gasteiger partial charge in [0, 0.05) is 25.5 Å². The van der Waals surface area contributed by atoms with Crippen LogP contribution in [0.1, 0.15) is 27.8 Å². The number of hydrogen-bond donors (Lipinski definition) is 0. The minimum absolute atomic E-state index is 0.00374. The first-order valence-electron chi connectivity index (χ1n) is 9.37. The molecule has 0 saturated carbocycles. The average molecular weight is 392 g/mol. The Labute approximate surface area is 167 Å². The van der Waals surface area contributed by atoms with Crippen LogP contribution in [0.2, 0.25) is 0 Å². The Morgan fingerprint density at radius 3 is 2.82 bits per heavy atom. The second-order valence-electron chi connectivity index (χ2n) is 7.30. The Bertz CT molecular complexity index is 999. The number of fused-ring (bicyclic) bond motifs is 3. The van der Waals surface area contributed by atoms with Gasteiger partial charge in [-0.05, 0) is 46.7 Å². The molecule has 0 aliphatic carbocycles. The van der Waals surface area contributed by atoms with Gasteiger partial charge in [-0.2, -0.15) is 11.3 Å². The summed E-state index contributed by atoms with van der Waals surface area (Å²) in [6, 6.07) is 11.5. The highest BCUT2D eigenvalue weighted by Crippen LogP contribution is 2.34. The van der Waals surface area contributed by atoms with E-state index < -0.39 is 0 Å². The van der Waals surface area contributed by atoms with Crippen LogP contribution in [0, 0.1) is 0 Å². The average Bonchev–Trinajstić information content (AvgIpc) is 3.45. The molecule has 0 bridgehead atoms. The van der Waals surface area contributed by atoms with Crippen molar-refractivity contribution in [1.29, 1.82) is 0 Å². The molecule has 2 atom stereocenters. The lowest BCUT2D eigenvalue weighted by Gasteiger charge is -2.37. The van der Waals surface area contributed by atoms with Gasteiger partial charge in [0.25, 0.3) is 5.91 Å². The molecular formula is C21H20N4O2S. The van der Waals surface area contributed by atoms with Gasteiger partial charge in [-0.3, -0.25) is 14.6 Å². The Morgan fingerprint density at radius 2 is 2.04 bits per heavy atom. The topological polar surface area (TPSA) is 58.4 Å². The molecule has 28 heavy (non-hydrogen) atoms. The number of carbonyl (C=O) groups excluding carboxylic acids is 2. The van der Waals surface area contributed by atoms with Crippen molar-refractivity contribution in [3.05, 3.63) is 76.5 Å². The van der Waals surface area contributed by atoms with Crippen molar-refractivity contribution >= 4 is 23.2 Å². The first-order valence-corrected chi connectivity index (χ1v) is 10.3. The molecule has 142 valence electrons. The summed E-state index contributed by atoms with van der Waals surface area (Å²) in [5.74, 6) is 0.121. The molecule has 5 rings (SSSR count). The molecule has 2 unspecified atom stereocenters. The molecule has 1 saturated heterocycles. The molecule has 3 aromatic heterocycles. The van der Waals surface area contributed by atoms with E-state index in [1.54, 1.807) is 17.5 Å². The van der Waals surface area contributed by atoms with Crippen molar-refractivity contribution in [1.82, 2.24) is 19.4 Å². The fraction of sp³-hybridized carbons (Fsp3) is 0.286. The van der Waals surface area contributed by atoms with Crippen LogP contribution in [0.15, 0.2) is 59.6 Å². The lowest BCUT2D eigenvalue weighted by Crippen LogP contribution is -2.50. The summed E-state index contributed by atoms with van der Waals surface area (Å²) >= 11 is 1.60. The summed E-state index contributed by atoms with van der Waals surface area (Å²) in [6.45, 7) is 1.64. The smallest absolute Gasteiger partial charge is 0.271 e. The molecule has 2 aliphatic heterocycles. The summed E-state index contributed by atoms with van der Waals surface area (Å²) in [7, 11) is 0. The summed E-state index contributed by atoms with van der Waals surface area (Å²) < 4.78 is 2.04. The predicted molar refractivity (Wildman–Crippen MR) is 106 cm³/mol. The zero-order chi connectivity index (χ0) is 19.1. The third-order valence-corrected chi connectivity index (χ3v) is 6.35. The minimum Gasteiger partial charge on any atom is -0.338 e. The predicted octanol–water partition coefficient (Wildman–Crippen LogP) is 2.60. The van der Waals surface area contributed by atoms with Gasteiger partial charge in [0.05, 0.1) is 30.7 Å². The van der Waals surface area contributed by atoms with E-state index in [0.29, 0.717) is 31.7 Å². The molecule has 0 N–H and O–H groups in total. The Kier molecular flexibility index (Phi) is 4.24. The van der Waals surface area contributed by atoms with Crippen LogP contribution in [-0.4, -0.2) is 50.3 Å². The van der Waals surface area contributed by atoms with Crippen LogP contribution in [-0.2, 0) is 17.8 Å². The van der Waals surface area contributed by atoms with Gasteiger partial charge >= 0.3 is 0 Å². The Hall–Kier alpha value is -2.93.